The van der Waals surface area contributed by atoms with Crippen molar-refractivity contribution in [2.45, 2.75) is 98.3 Å². The summed E-state index contributed by atoms with van der Waals surface area (Å²) in [6.45, 7) is 12.5. The fourth-order valence-electron chi connectivity index (χ4n) is 5.72. The smallest absolute Gasteiger partial charge is 0.316 e. The highest BCUT2D eigenvalue weighted by Crippen LogP contribution is 2.40. The number of nitrogens with one attached hydrogen (secondary N) is 3. The van der Waals surface area contributed by atoms with Gasteiger partial charge in [-0.2, -0.15) is 0 Å². The Morgan fingerprint density at radius 2 is 1.71 bits per heavy atom. The molecule has 13 nitrogen and oxygen atoms in total. The number of aromatic nitrogens is 1. The molecule has 3 rings (SSSR count). The molecule has 2 heterocycles. The van der Waals surface area contributed by atoms with E-state index in [1.165, 1.54) is 17.4 Å². The van der Waals surface area contributed by atoms with Crippen LogP contribution in [0.15, 0.2) is 16.9 Å². The second-order valence-electron chi connectivity index (χ2n) is 14.0. The number of rotatable bonds is 13. The normalized spacial score (nSPS) is 20.5. The van der Waals surface area contributed by atoms with Gasteiger partial charge in [-0.3, -0.25) is 24.0 Å². The molecule has 0 bridgehead atoms. The van der Waals surface area contributed by atoms with Gasteiger partial charge in [-0.1, -0.05) is 47.5 Å². The lowest BCUT2D eigenvalue weighted by atomic mass is 9.75. The van der Waals surface area contributed by atoms with Crippen LogP contribution in [-0.2, 0) is 19.2 Å². The van der Waals surface area contributed by atoms with Crippen LogP contribution in [0.3, 0.4) is 0 Å². The minimum atomic E-state index is -1.15. The number of oxazole rings is 1. The summed E-state index contributed by atoms with van der Waals surface area (Å²) in [6, 6.07) is -5.09. The Morgan fingerprint density at radius 3 is 2.20 bits per heavy atom. The van der Waals surface area contributed by atoms with E-state index in [4.69, 9.17) is 16.6 Å². The molecule has 1 aromatic rings. The lowest BCUT2D eigenvalue weighted by Crippen LogP contribution is -2.62. The second kappa shape index (κ2) is 13.8. The fourth-order valence-corrected chi connectivity index (χ4v) is 5.72. The van der Waals surface area contributed by atoms with E-state index in [0.717, 1.165) is 12.8 Å². The van der Waals surface area contributed by atoms with Gasteiger partial charge < -0.3 is 31.0 Å². The zero-order valence-corrected chi connectivity index (χ0v) is 27.1. The van der Waals surface area contributed by atoms with Gasteiger partial charge in [-0.05, 0) is 43.9 Å². The number of hydrogen-bond donors (Lipinski definition) is 4. The molecule has 5 atom stereocenters. The Hall–Kier alpha value is -4.21. The number of primary amides is 1. The molecule has 2 aliphatic rings. The summed E-state index contributed by atoms with van der Waals surface area (Å²) in [5.74, 6) is -1.78. The first-order valence-electron chi connectivity index (χ1n) is 15.3. The fraction of sp³-hybridized carbons (Fsp3) is 0.656. The van der Waals surface area contributed by atoms with Gasteiger partial charge in [0, 0.05) is 17.9 Å². The number of Topliss-reactive ketones (excluding diaryl/α,β-unsaturated/α-hetero) is 2. The molecule has 1 saturated heterocycles. The number of amides is 5. The highest BCUT2D eigenvalue weighted by atomic mass is 16.3. The Bertz CT molecular complexity index is 1340. The lowest BCUT2D eigenvalue weighted by Gasteiger charge is -2.38. The largest absolute Gasteiger partial charge is 0.442 e. The van der Waals surface area contributed by atoms with Crippen LogP contribution in [0.4, 0.5) is 4.79 Å². The third-order valence-corrected chi connectivity index (χ3v) is 8.66. The van der Waals surface area contributed by atoms with Crippen molar-refractivity contribution in [2.75, 3.05) is 6.54 Å². The summed E-state index contributed by atoms with van der Waals surface area (Å²) in [6.07, 6.45) is 10.9. The number of ketones is 2. The number of carbonyl (C=O) groups is 6. The van der Waals surface area contributed by atoms with Crippen molar-refractivity contribution in [3.63, 3.8) is 0 Å². The number of urea groups is 1. The first-order chi connectivity index (χ1) is 20.9. The average molecular weight is 627 g/mol. The molecular weight excluding hydrogens is 580 g/mol. The van der Waals surface area contributed by atoms with Crippen molar-refractivity contribution in [1.29, 1.82) is 0 Å². The van der Waals surface area contributed by atoms with Crippen LogP contribution in [0.2, 0.25) is 0 Å². The van der Waals surface area contributed by atoms with Gasteiger partial charge in [0.15, 0.2) is 0 Å². The monoisotopic (exact) mass is 626 g/mol. The summed E-state index contributed by atoms with van der Waals surface area (Å²) in [5.41, 5.74) is 3.64. The minimum absolute atomic E-state index is 0.152. The average Bonchev–Trinajstić information content (AvgIpc) is 3.41. The van der Waals surface area contributed by atoms with Crippen LogP contribution in [0.25, 0.3) is 0 Å². The van der Waals surface area contributed by atoms with E-state index in [9.17, 15) is 28.8 Å². The van der Waals surface area contributed by atoms with Gasteiger partial charge in [0.05, 0.1) is 12.2 Å². The van der Waals surface area contributed by atoms with Crippen LogP contribution in [0.5, 0.6) is 0 Å². The molecule has 0 aromatic carbocycles. The van der Waals surface area contributed by atoms with E-state index in [0.29, 0.717) is 6.42 Å². The van der Waals surface area contributed by atoms with Crippen molar-refractivity contribution in [3.05, 3.63) is 18.4 Å². The Labute approximate surface area is 264 Å². The van der Waals surface area contributed by atoms with Gasteiger partial charge >= 0.3 is 6.03 Å². The maximum Gasteiger partial charge on any atom is 0.316 e. The van der Waals surface area contributed by atoms with Crippen LogP contribution in [0, 0.1) is 40.9 Å². The molecular formula is C32H46N6O7. The van der Waals surface area contributed by atoms with Crippen molar-refractivity contribution in [1.82, 2.24) is 25.8 Å². The van der Waals surface area contributed by atoms with Crippen LogP contribution in [0.1, 0.15) is 84.8 Å². The Kier molecular flexibility index (Phi) is 10.8. The van der Waals surface area contributed by atoms with E-state index in [1.807, 2.05) is 0 Å². The molecule has 1 aliphatic carbocycles. The number of carbonyl (C=O) groups excluding carboxylic acids is 6. The van der Waals surface area contributed by atoms with Crippen LogP contribution < -0.4 is 21.7 Å². The van der Waals surface area contributed by atoms with E-state index < -0.39 is 76.2 Å². The van der Waals surface area contributed by atoms with Gasteiger partial charge in [0.2, 0.25) is 23.4 Å². The van der Waals surface area contributed by atoms with Crippen LogP contribution in [-0.4, -0.2) is 75.9 Å². The van der Waals surface area contributed by atoms with Gasteiger partial charge in [-0.25, -0.2) is 9.78 Å². The molecule has 0 spiro atoms. The molecule has 5 amide bonds. The summed E-state index contributed by atoms with van der Waals surface area (Å²) < 4.78 is 5.12. The summed E-state index contributed by atoms with van der Waals surface area (Å²) in [7, 11) is 0. The SMILES string of the molecule is C#CC(C)(C)[C@H]1CCN(C(=O)[C@@H](NC(=O)N[C@H](C(=O)c2ncco2)C(C)C)C(C)(C)C)C1C(=O)NC(CC1CC1)C(=O)C(N)=O. The number of likely N-dealkylation sites (tertiary alicyclic amines) is 1. The highest BCUT2D eigenvalue weighted by Gasteiger charge is 2.51. The van der Waals surface area contributed by atoms with Crippen molar-refractivity contribution in [2.24, 2.45) is 34.3 Å². The molecule has 0 radical (unpaired) electrons. The summed E-state index contributed by atoms with van der Waals surface area (Å²) >= 11 is 0. The minimum Gasteiger partial charge on any atom is -0.442 e. The zero-order chi connectivity index (χ0) is 33.9. The lowest BCUT2D eigenvalue weighted by molar-refractivity contribution is -0.144. The van der Waals surface area contributed by atoms with Gasteiger partial charge in [-0.15, -0.1) is 12.3 Å². The standard InChI is InChI=1S/C32H46N6O7/c1-9-32(7,8)19-12-14-38(22(19)27(42)35-20(16-18-10-11-18)23(39)26(33)41)29(43)25(31(4,5)6)37-30(44)36-21(17(2)3)24(40)28-34-13-15-45-28/h1,13,15,17-22,25H,10-12,14,16H2,2-8H3,(H2,33,41)(H,35,42)(H2,36,37,44)/t19-,20?,21-,22?,25+/m0/s1. The van der Waals surface area contributed by atoms with Gasteiger partial charge in [0.25, 0.3) is 11.8 Å². The quantitative estimate of drug-likeness (QED) is 0.145. The maximum atomic E-state index is 14.3. The third-order valence-electron chi connectivity index (χ3n) is 8.66. The van der Waals surface area contributed by atoms with E-state index in [-0.39, 0.29) is 30.7 Å². The number of nitrogens with zero attached hydrogens (tertiary/aromatic N) is 2. The molecule has 45 heavy (non-hydrogen) atoms. The van der Waals surface area contributed by atoms with E-state index in [2.05, 4.69) is 26.9 Å². The first-order valence-corrected chi connectivity index (χ1v) is 15.3. The van der Waals surface area contributed by atoms with Crippen molar-refractivity contribution >= 4 is 35.3 Å². The number of hydrogen-bond acceptors (Lipinski definition) is 8. The summed E-state index contributed by atoms with van der Waals surface area (Å²) in [4.78, 5) is 84.1. The predicted octanol–water partition coefficient (Wildman–Crippen LogP) is 1.81. The summed E-state index contributed by atoms with van der Waals surface area (Å²) in [5, 5.41) is 8.07. The third kappa shape index (κ3) is 8.49. The van der Waals surface area contributed by atoms with Crippen LogP contribution >= 0.6 is 0 Å². The number of terminal acetylenes is 1. The number of nitrogens with two attached hydrogens (primary N) is 1. The molecule has 1 aliphatic heterocycles. The zero-order valence-electron chi connectivity index (χ0n) is 27.1. The Morgan fingerprint density at radius 1 is 1.07 bits per heavy atom. The second-order valence-corrected chi connectivity index (χ2v) is 14.0. The first kappa shape index (κ1) is 35.3. The molecule has 1 saturated carbocycles. The highest BCUT2D eigenvalue weighted by molar-refractivity contribution is 6.37. The maximum absolute atomic E-state index is 14.3. The molecule has 246 valence electrons. The molecule has 13 heteroatoms. The van der Waals surface area contributed by atoms with Gasteiger partial charge in [0.1, 0.15) is 24.4 Å². The van der Waals surface area contributed by atoms with E-state index >= 15 is 0 Å². The predicted molar refractivity (Wildman–Crippen MR) is 164 cm³/mol. The molecule has 2 fully saturated rings. The van der Waals surface area contributed by atoms with Crippen molar-refractivity contribution < 1.29 is 33.2 Å². The Balaban J connectivity index is 1.89. The van der Waals surface area contributed by atoms with Crippen molar-refractivity contribution in [3.8, 4) is 12.3 Å². The molecule has 1 aromatic heterocycles. The van der Waals surface area contributed by atoms with E-state index in [1.54, 1.807) is 48.5 Å². The topological polar surface area (TPSA) is 194 Å². The molecule has 5 N–H and O–H groups in total. The molecule has 2 unspecified atom stereocenters.